The lowest BCUT2D eigenvalue weighted by molar-refractivity contribution is 0.603. The molecule has 0 aliphatic carbocycles. The van der Waals surface area contributed by atoms with E-state index in [1.807, 2.05) is 41.9 Å². The zero-order chi connectivity index (χ0) is 11.5. The van der Waals surface area contributed by atoms with Crippen molar-refractivity contribution in [3.8, 4) is 0 Å². The maximum atomic E-state index is 4.29. The molecule has 2 aromatic rings. The van der Waals surface area contributed by atoms with Gasteiger partial charge in [0.25, 0.3) is 0 Å². The second-order valence-corrected chi connectivity index (χ2v) is 3.73. The van der Waals surface area contributed by atoms with E-state index in [9.17, 15) is 0 Å². The van der Waals surface area contributed by atoms with Gasteiger partial charge in [-0.2, -0.15) is 10.2 Å². The van der Waals surface area contributed by atoms with Crippen molar-refractivity contribution < 1.29 is 0 Å². The van der Waals surface area contributed by atoms with Crippen LogP contribution in [0.5, 0.6) is 0 Å². The first-order chi connectivity index (χ1) is 7.76. The summed E-state index contributed by atoms with van der Waals surface area (Å²) in [5.74, 6) is 0. The molecule has 0 amide bonds. The Balaban J connectivity index is 2.32. The number of aromatic nitrogens is 4. The van der Waals surface area contributed by atoms with Gasteiger partial charge in [0.05, 0.1) is 17.9 Å². The number of aryl methyl sites for hydroxylation is 2. The lowest BCUT2D eigenvalue weighted by atomic mass is 10.1. The van der Waals surface area contributed by atoms with Crippen LogP contribution in [0, 0.1) is 0 Å². The summed E-state index contributed by atoms with van der Waals surface area (Å²) in [4.78, 5) is 0. The molecule has 1 atom stereocenters. The third-order valence-electron chi connectivity index (χ3n) is 2.75. The summed E-state index contributed by atoms with van der Waals surface area (Å²) in [6, 6.07) is 2.16. The van der Waals surface area contributed by atoms with Crippen LogP contribution in [-0.2, 0) is 13.6 Å². The van der Waals surface area contributed by atoms with Crippen molar-refractivity contribution in [2.45, 2.75) is 19.5 Å². The standard InChI is InChI=1S/C11H17N5/c1-4-16-8-9(7-14-16)11(12-2)10-5-6-13-15(10)3/h5-8,11-12H,4H2,1-3H3. The molecule has 0 saturated carbocycles. The van der Waals surface area contributed by atoms with Crippen LogP contribution in [0.2, 0.25) is 0 Å². The van der Waals surface area contributed by atoms with E-state index in [0.717, 1.165) is 17.8 Å². The Bertz CT molecular complexity index is 456. The molecule has 5 heteroatoms. The van der Waals surface area contributed by atoms with Crippen LogP contribution in [0.15, 0.2) is 24.7 Å². The molecule has 2 aromatic heterocycles. The van der Waals surface area contributed by atoms with Gasteiger partial charge in [0, 0.05) is 31.5 Å². The average Bonchev–Trinajstić information content (AvgIpc) is 2.90. The van der Waals surface area contributed by atoms with E-state index >= 15 is 0 Å². The number of hydrogen-bond donors (Lipinski definition) is 1. The van der Waals surface area contributed by atoms with Gasteiger partial charge in [-0.25, -0.2) is 0 Å². The average molecular weight is 219 g/mol. The Morgan fingerprint density at radius 3 is 2.75 bits per heavy atom. The van der Waals surface area contributed by atoms with Crippen LogP contribution in [-0.4, -0.2) is 26.6 Å². The van der Waals surface area contributed by atoms with E-state index < -0.39 is 0 Å². The van der Waals surface area contributed by atoms with Crippen molar-refractivity contribution in [2.24, 2.45) is 7.05 Å². The summed E-state index contributed by atoms with van der Waals surface area (Å²) in [7, 11) is 3.89. The number of nitrogens with zero attached hydrogens (tertiary/aromatic N) is 4. The monoisotopic (exact) mass is 219 g/mol. The molecule has 0 bridgehead atoms. The smallest absolute Gasteiger partial charge is 0.0776 e. The zero-order valence-electron chi connectivity index (χ0n) is 9.88. The first kappa shape index (κ1) is 10.9. The fourth-order valence-corrected chi connectivity index (χ4v) is 1.85. The Kier molecular flexibility index (Phi) is 3.05. The fourth-order valence-electron chi connectivity index (χ4n) is 1.85. The summed E-state index contributed by atoms with van der Waals surface area (Å²) >= 11 is 0. The Hall–Kier alpha value is -1.62. The van der Waals surface area contributed by atoms with Crippen molar-refractivity contribution in [3.05, 3.63) is 35.9 Å². The maximum absolute atomic E-state index is 4.29. The maximum Gasteiger partial charge on any atom is 0.0776 e. The lowest BCUT2D eigenvalue weighted by Gasteiger charge is -2.14. The van der Waals surface area contributed by atoms with Crippen molar-refractivity contribution >= 4 is 0 Å². The van der Waals surface area contributed by atoms with Gasteiger partial charge in [0.1, 0.15) is 0 Å². The minimum atomic E-state index is 0.146. The molecule has 2 rings (SSSR count). The molecular formula is C11H17N5. The van der Waals surface area contributed by atoms with Crippen molar-refractivity contribution in [1.82, 2.24) is 24.9 Å². The summed E-state index contributed by atoms with van der Waals surface area (Å²) in [6.45, 7) is 2.97. The fraction of sp³-hybridized carbons (Fsp3) is 0.455. The molecule has 1 unspecified atom stereocenters. The highest BCUT2D eigenvalue weighted by Gasteiger charge is 2.16. The molecule has 0 fully saturated rings. The number of rotatable bonds is 4. The molecule has 5 nitrogen and oxygen atoms in total. The summed E-state index contributed by atoms with van der Waals surface area (Å²) in [5.41, 5.74) is 2.30. The van der Waals surface area contributed by atoms with Crippen LogP contribution in [0.25, 0.3) is 0 Å². The Morgan fingerprint density at radius 2 is 2.25 bits per heavy atom. The van der Waals surface area contributed by atoms with Crippen molar-refractivity contribution in [3.63, 3.8) is 0 Å². The second-order valence-electron chi connectivity index (χ2n) is 3.73. The second kappa shape index (κ2) is 4.49. The van der Waals surface area contributed by atoms with E-state index in [1.54, 1.807) is 0 Å². The van der Waals surface area contributed by atoms with Crippen LogP contribution < -0.4 is 5.32 Å². The molecule has 2 heterocycles. The largest absolute Gasteiger partial charge is 0.308 e. The molecule has 86 valence electrons. The van der Waals surface area contributed by atoms with E-state index in [0.29, 0.717) is 0 Å². The first-order valence-corrected chi connectivity index (χ1v) is 5.43. The predicted octanol–water partition coefficient (Wildman–Crippen LogP) is 0.945. The van der Waals surface area contributed by atoms with E-state index in [2.05, 4.69) is 28.6 Å². The van der Waals surface area contributed by atoms with Gasteiger partial charge in [-0.3, -0.25) is 9.36 Å². The normalized spacial score (nSPS) is 12.9. The highest BCUT2D eigenvalue weighted by atomic mass is 15.3. The van der Waals surface area contributed by atoms with Gasteiger partial charge < -0.3 is 5.32 Å². The summed E-state index contributed by atoms with van der Waals surface area (Å²) < 4.78 is 3.81. The van der Waals surface area contributed by atoms with Crippen LogP contribution in [0.3, 0.4) is 0 Å². The van der Waals surface area contributed by atoms with Crippen LogP contribution >= 0.6 is 0 Å². The third kappa shape index (κ3) is 1.86. The highest BCUT2D eigenvalue weighted by molar-refractivity contribution is 5.23. The highest BCUT2D eigenvalue weighted by Crippen LogP contribution is 2.20. The number of nitrogens with one attached hydrogen (secondary N) is 1. The van der Waals surface area contributed by atoms with Crippen LogP contribution in [0.1, 0.15) is 24.2 Å². The molecule has 1 N–H and O–H groups in total. The van der Waals surface area contributed by atoms with E-state index in [1.165, 1.54) is 0 Å². The SMILES string of the molecule is CCn1cc(C(NC)c2ccnn2C)cn1. The van der Waals surface area contributed by atoms with Gasteiger partial charge in [-0.05, 0) is 20.0 Å². The molecule has 16 heavy (non-hydrogen) atoms. The van der Waals surface area contributed by atoms with Gasteiger partial charge >= 0.3 is 0 Å². The quantitative estimate of drug-likeness (QED) is 0.832. The molecular weight excluding hydrogens is 202 g/mol. The molecule has 0 aromatic carbocycles. The molecule has 0 saturated heterocycles. The molecule has 0 aliphatic rings. The van der Waals surface area contributed by atoms with E-state index in [4.69, 9.17) is 0 Å². The molecule has 0 aliphatic heterocycles. The summed E-state index contributed by atoms with van der Waals surface area (Å²) in [6.07, 6.45) is 5.77. The first-order valence-electron chi connectivity index (χ1n) is 5.43. The Morgan fingerprint density at radius 1 is 1.44 bits per heavy atom. The molecule has 0 radical (unpaired) electrons. The number of hydrogen-bond acceptors (Lipinski definition) is 3. The topological polar surface area (TPSA) is 47.7 Å². The van der Waals surface area contributed by atoms with Crippen molar-refractivity contribution in [2.75, 3.05) is 7.05 Å². The lowest BCUT2D eigenvalue weighted by Crippen LogP contribution is -2.20. The summed E-state index contributed by atoms with van der Waals surface area (Å²) in [5, 5.41) is 11.8. The van der Waals surface area contributed by atoms with E-state index in [-0.39, 0.29) is 6.04 Å². The van der Waals surface area contributed by atoms with Gasteiger partial charge in [-0.1, -0.05) is 0 Å². The van der Waals surface area contributed by atoms with Gasteiger partial charge in [0.2, 0.25) is 0 Å². The van der Waals surface area contributed by atoms with Gasteiger partial charge in [-0.15, -0.1) is 0 Å². The van der Waals surface area contributed by atoms with Crippen LogP contribution in [0.4, 0.5) is 0 Å². The minimum absolute atomic E-state index is 0.146. The molecule has 0 spiro atoms. The Labute approximate surface area is 95.1 Å². The minimum Gasteiger partial charge on any atom is -0.308 e. The third-order valence-corrected chi connectivity index (χ3v) is 2.75. The van der Waals surface area contributed by atoms with Gasteiger partial charge in [0.15, 0.2) is 0 Å². The van der Waals surface area contributed by atoms with Crippen molar-refractivity contribution in [1.29, 1.82) is 0 Å². The predicted molar refractivity (Wildman–Crippen MR) is 62.0 cm³/mol. The zero-order valence-corrected chi connectivity index (χ0v) is 9.88.